The molecule has 1 aliphatic heterocycles. The molecule has 3 heteroatoms. The van der Waals surface area contributed by atoms with Gasteiger partial charge in [-0.25, -0.2) is 0 Å². The van der Waals surface area contributed by atoms with Gasteiger partial charge in [0.15, 0.2) is 0 Å². The normalized spacial score (nSPS) is 17.7. The minimum atomic E-state index is 0.105. The lowest BCUT2D eigenvalue weighted by Crippen LogP contribution is -2.15. The summed E-state index contributed by atoms with van der Waals surface area (Å²) in [5.74, 6) is 0.105. The third kappa shape index (κ3) is 3.21. The predicted octanol–water partition coefficient (Wildman–Crippen LogP) is 3.87. The maximum absolute atomic E-state index is 12.1. The van der Waals surface area contributed by atoms with Crippen molar-refractivity contribution in [3.63, 3.8) is 0 Å². The summed E-state index contributed by atoms with van der Waals surface area (Å²) >= 11 is 0. The molecule has 0 atom stereocenters. The van der Waals surface area contributed by atoms with E-state index in [0.717, 1.165) is 31.5 Å². The van der Waals surface area contributed by atoms with Crippen LogP contribution in [0, 0.1) is 0 Å². The van der Waals surface area contributed by atoms with Gasteiger partial charge in [-0.3, -0.25) is 4.79 Å². The molecule has 1 aliphatic carbocycles. The highest BCUT2D eigenvalue weighted by Crippen LogP contribution is 2.26. The predicted molar refractivity (Wildman–Crippen MR) is 83.1 cm³/mol. The van der Waals surface area contributed by atoms with Crippen molar-refractivity contribution in [2.75, 3.05) is 17.2 Å². The molecule has 0 fully saturated rings. The zero-order chi connectivity index (χ0) is 13.8. The van der Waals surface area contributed by atoms with E-state index in [4.69, 9.17) is 0 Å². The summed E-state index contributed by atoms with van der Waals surface area (Å²) in [6.07, 6.45) is 9.80. The van der Waals surface area contributed by atoms with Gasteiger partial charge in [0.1, 0.15) is 0 Å². The van der Waals surface area contributed by atoms with Crippen LogP contribution < -0.4 is 10.6 Å². The van der Waals surface area contributed by atoms with Crippen molar-refractivity contribution >= 4 is 17.3 Å². The number of carbonyl (C=O) groups excluding carboxylic acids is 1. The summed E-state index contributed by atoms with van der Waals surface area (Å²) in [5.41, 5.74) is 4.72. The monoisotopic (exact) mass is 270 g/mol. The summed E-state index contributed by atoms with van der Waals surface area (Å²) in [6, 6.07) is 6.19. The van der Waals surface area contributed by atoms with Gasteiger partial charge in [-0.2, -0.15) is 0 Å². The second-order valence-corrected chi connectivity index (χ2v) is 5.74. The number of allylic oxidation sites excluding steroid dienone is 1. The standard InChI is InChI=1S/C17H22N2O/c20-17(11-13-5-2-1-3-6-13)19-15-9-8-14-7-4-10-18-16(14)12-15/h5,8-9,12,18H,1-4,6-7,10-11H2,(H,19,20). The molecule has 0 radical (unpaired) electrons. The molecule has 2 aliphatic rings. The van der Waals surface area contributed by atoms with E-state index in [1.165, 1.54) is 36.1 Å². The van der Waals surface area contributed by atoms with E-state index in [9.17, 15) is 4.79 Å². The fraction of sp³-hybridized carbons (Fsp3) is 0.471. The molecular formula is C17H22N2O. The fourth-order valence-electron chi connectivity index (χ4n) is 3.02. The molecule has 1 aromatic rings. The number of rotatable bonds is 3. The minimum absolute atomic E-state index is 0.105. The number of nitrogens with one attached hydrogen (secondary N) is 2. The number of aryl methyl sites for hydroxylation is 1. The van der Waals surface area contributed by atoms with Crippen LogP contribution in [0.2, 0.25) is 0 Å². The Morgan fingerprint density at radius 1 is 1.20 bits per heavy atom. The highest BCUT2D eigenvalue weighted by Gasteiger charge is 2.12. The van der Waals surface area contributed by atoms with Crippen LogP contribution in [0.15, 0.2) is 29.8 Å². The van der Waals surface area contributed by atoms with Gasteiger partial charge in [-0.1, -0.05) is 17.7 Å². The van der Waals surface area contributed by atoms with Gasteiger partial charge in [0.25, 0.3) is 0 Å². The molecule has 0 spiro atoms. The van der Waals surface area contributed by atoms with E-state index in [0.29, 0.717) is 6.42 Å². The van der Waals surface area contributed by atoms with Crippen molar-refractivity contribution in [2.45, 2.75) is 44.9 Å². The van der Waals surface area contributed by atoms with Crippen molar-refractivity contribution in [1.82, 2.24) is 0 Å². The Kier molecular flexibility index (Phi) is 4.05. The van der Waals surface area contributed by atoms with Crippen LogP contribution in [-0.4, -0.2) is 12.5 Å². The van der Waals surface area contributed by atoms with E-state index in [-0.39, 0.29) is 5.91 Å². The molecule has 0 saturated carbocycles. The summed E-state index contributed by atoms with van der Waals surface area (Å²) in [7, 11) is 0. The van der Waals surface area contributed by atoms with Crippen LogP contribution in [0.1, 0.15) is 44.1 Å². The molecule has 2 N–H and O–H groups in total. The van der Waals surface area contributed by atoms with Gasteiger partial charge in [-0.15, -0.1) is 0 Å². The zero-order valence-corrected chi connectivity index (χ0v) is 11.9. The van der Waals surface area contributed by atoms with Crippen LogP contribution in [0.5, 0.6) is 0 Å². The average molecular weight is 270 g/mol. The molecule has 0 unspecified atom stereocenters. The van der Waals surface area contributed by atoms with Crippen molar-refractivity contribution in [3.05, 3.63) is 35.4 Å². The molecule has 1 amide bonds. The number of fused-ring (bicyclic) bond motifs is 1. The second-order valence-electron chi connectivity index (χ2n) is 5.74. The lowest BCUT2D eigenvalue weighted by molar-refractivity contribution is -0.115. The van der Waals surface area contributed by atoms with Gasteiger partial charge in [-0.05, 0) is 56.2 Å². The van der Waals surface area contributed by atoms with Crippen LogP contribution in [0.25, 0.3) is 0 Å². The Hall–Kier alpha value is -1.77. The number of amides is 1. The third-order valence-electron chi connectivity index (χ3n) is 4.10. The molecule has 0 saturated heterocycles. The molecule has 3 rings (SSSR count). The van der Waals surface area contributed by atoms with E-state index in [1.807, 2.05) is 6.07 Å². The van der Waals surface area contributed by atoms with Crippen LogP contribution in [0.3, 0.4) is 0 Å². The van der Waals surface area contributed by atoms with Crippen molar-refractivity contribution in [3.8, 4) is 0 Å². The van der Waals surface area contributed by atoms with Crippen molar-refractivity contribution in [2.24, 2.45) is 0 Å². The van der Waals surface area contributed by atoms with Crippen LogP contribution in [0.4, 0.5) is 11.4 Å². The Morgan fingerprint density at radius 2 is 2.15 bits per heavy atom. The zero-order valence-electron chi connectivity index (χ0n) is 11.9. The first kappa shape index (κ1) is 13.2. The van der Waals surface area contributed by atoms with Crippen molar-refractivity contribution in [1.29, 1.82) is 0 Å². The Labute approximate surface area is 120 Å². The first-order valence-electron chi connectivity index (χ1n) is 7.66. The molecular weight excluding hydrogens is 248 g/mol. The number of hydrogen-bond acceptors (Lipinski definition) is 2. The number of anilines is 2. The first-order valence-corrected chi connectivity index (χ1v) is 7.66. The van der Waals surface area contributed by atoms with E-state index in [1.54, 1.807) is 0 Å². The Morgan fingerprint density at radius 3 is 3.00 bits per heavy atom. The lowest BCUT2D eigenvalue weighted by atomic mass is 9.97. The van der Waals surface area contributed by atoms with Crippen LogP contribution in [-0.2, 0) is 11.2 Å². The number of carbonyl (C=O) groups is 1. The van der Waals surface area contributed by atoms with E-state index >= 15 is 0 Å². The quantitative estimate of drug-likeness (QED) is 0.818. The summed E-state index contributed by atoms with van der Waals surface area (Å²) < 4.78 is 0. The average Bonchev–Trinajstić information content (AvgIpc) is 2.48. The lowest BCUT2D eigenvalue weighted by Gasteiger charge is -2.19. The van der Waals surface area contributed by atoms with Gasteiger partial charge in [0.2, 0.25) is 5.91 Å². The molecule has 1 heterocycles. The number of benzene rings is 1. The largest absolute Gasteiger partial charge is 0.385 e. The summed E-state index contributed by atoms with van der Waals surface area (Å²) in [5, 5.41) is 6.41. The van der Waals surface area contributed by atoms with Gasteiger partial charge < -0.3 is 10.6 Å². The van der Waals surface area contributed by atoms with E-state index < -0.39 is 0 Å². The first-order chi connectivity index (χ1) is 9.81. The maximum atomic E-state index is 12.1. The van der Waals surface area contributed by atoms with Gasteiger partial charge >= 0.3 is 0 Å². The van der Waals surface area contributed by atoms with Crippen LogP contribution >= 0.6 is 0 Å². The highest BCUT2D eigenvalue weighted by atomic mass is 16.1. The maximum Gasteiger partial charge on any atom is 0.228 e. The molecule has 0 bridgehead atoms. The minimum Gasteiger partial charge on any atom is -0.385 e. The van der Waals surface area contributed by atoms with Gasteiger partial charge in [0, 0.05) is 24.3 Å². The SMILES string of the molecule is O=C(CC1=CCCCC1)Nc1ccc2c(c1)NCCC2. The Balaban J connectivity index is 1.62. The third-order valence-corrected chi connectivity index (χ3v) is 4.10. The Bertz CT molecular complexity index is 534. The molecule has 3 nitrogen and oxygen atoms in total. The molecule has 0 aromatic heterocycles. The summed E-state index contributed by atoms with van der Waals surface area (Å²) in [4.78, 5) is 12.1. The molecule has 20 heavy (non-hydrogen) atoms. The van der Waals surface area contributed by atoms with Crippen molar-refractivity contribution < 1.29 is 4.79 Å². The smallest absolute Gasteiger partial charge is 0.228 e. The highest BCUT2D eigenvalue weighted by molar-refractivity contribution is 5.92. The topological polar surface area (TPSA) is 41.1 Å². The second kappa shape index (κ2) is 6.12. The fourth-order valence-corrected chi connectivity index (χ4v) is 3.02. The number of hydrogen-bond donors (Lipinski definition) is 2. The summed E-state index contributed by atoms with van der Waals surface area (Å²) in [6.45, 7) is 1.03. The van der Waals surface area contributed by atoms with E-state index in [2.05, 4.69) is 28.8 Å². The molecule has 106 valence electrons. The van der Waals surface area contributed by atoms with Gasteiger partial charge in [0.05, 0.1) is 0 Å². The molecule has 1 aromatic carbocycles.